The van der Waals surface area contributed by atoms with Crippen LogP contribution in [0.2, 0.25) is 0 Å². The predicted octanol–water partition coefficient (Wildman–Crippen LogP) is 3.51. The number of ether oxygens (including phenoxy) is 1. The summed E-state index contributed by atoms with van der Waals surface area (Å²) in [4.78, 5) is 12.4. The number of nitrogens with one attached hydrogen (secondary N) is 1. The highest BCUT2D eigenvalue weighted by atomic mass is 19.1. The summed E-state index contributed by atoms with van der Waals surface area (Å²) >= 11 is 0. The molecule has 1 heterocycles. The van der Waals surface area contributed by atoms with Crippen LogP contribution in [0.25, 0.3) is 5.69 Å². The van der Waals surface area contributed by atoms with Gasteiger partial charge in [-0.3, -0.25) is 4.79 Å². The number of methoxy groups -OCH3 is 1. The van der Waals surface area contributed by atoms with Gasteiger partial charge in [-0.1, -0.05) is 24.3 Å². The normalized spacial score (nSPS) is 11.8. The van der Waals surface area contributed by atoms with E-state index in [-0.39, 0.29) is 17.7 Å². The van der Waals surface area contributed by atoms with Crippen LogP contribution >= 0.6 is 0 Å². The first-order chi connectivity index (χ1) is 12.1. The Morgan fingerprint density at radius 2 is 2.00 bits per heavy atom. The van der Waals surface area contributed by atoms with E-state index in [0.717, 1.165) is 11.3 Å². The van der Waals surface area contributed by atoms with Gasteiger partial charge >= 0.3 is 0 Å². The Hall–Kier alpha value is -3.15. The fraction of sp³-hybridized carbons (Fsp3) is 0.158. The second kappa shape index (κ2) is 7.17. The van der Waals surface area contributed by atoms with E-state index < -0.39 is 5.82 Å². The number of halogens is 1. The molecule has 3 aromatic rings. The summed E-state index contributed by atoms with van der Waals surface area (Å²) in [6.45, 7) is 1.83. The second-order valence-electron chi connectivity index (χ2n) is 5.60. The van der Waals surface area contributed by atoms with Crippen LogP contribution < -0.4 is 10.1 Å². The lowest BCUT2D eigenvalue weighted by Crippen LogP contribution is -2.26. The van der Waals surface area contributed by atoms with E-state index in [1.165, 1.54) is 19.4 Å². The Morgan fingerprint density at radius 3 is 2.72 bits per heavy atom. The Bertz CT molecular complexity index is 877. The molecule has 0 bridgehead atoms. The number of rotatable bonds is 5. The lowest BCUT2D eigenvalue weighted by Gasteiger charge is -2.15. The van der Waals surface area contributed by atoms with Crippen LogP contribution in [0.1, 0.15) is 28.9 Å². The molecule has 0 saturated heterocycles. The summed E-state index contributed by atoms with van der Waals surface area (Å²) in [5, 5.41) is 7.09. The molecule has 1 atom stereocenters. The molecule has 1 amide bonds. The standard InChI is InChI=1S/C19H18FN3O2/c1-13(14-8-9-17(20)18(10-14)25-2)22-19(24)15-11-21-23(12-15)16-6-4-3-5-7-16/h3-13H,1-2H3,(H,22,24). The quantitative estimate of drug-likeness (QED) is 0.774. The SMILES string of the molecule is COc1cc(C(C)NC(=O)c2cnn(-c3ccccc3)c2)ccc1F. The lowest BCUT2D eigenvalue weighted by molar-refractivity contribution is 0.0940. The molecule has 3 rings (SSSR count). The van der Waals surface area contributed by atoms with Gasteiger partial charge in [0, 0.05) is 6.20 Å². The Morgan fingerprint density at radius 1 is 1.24 bits per heavy atom. The van der Waals surface area contributed by atoms with Crippen molar-refractivity contribution < 1.29 is 13.9 Å². The van der Waals surface area contributed by atoms with Crippen LogP contribution in [0.3, 0.4) is 0 Å². The average molecular weight is 339 g/mol. The number of carbonyl (C=O) groups is 1. The fourth-order valence-electron chi connectivity index (χ4n) is 2.47. The van der Waals surface area contributed by atoms with Crippen molar-refractivity contribution in [2.24, 2.45) is 0 Å². The van der Waals surface area contributed by atoms with E-state index in [2.05, 4.69) is 10.4 Å². The Balaban J connectivity index is 1.73. The van der Waals surface area contributed by atoms with E-state index in [0.29, 0.717) is 5.56 Å². The van der Waals surface area contributed by atoms with Crippen molar-refractivity contribution in [3.05, 3.63) is 77.9 Å². The van der Waals surface area contributed by atoms with Crippen molar-refractivity contribution in [3.8, 4) is 11.4 Å². The number of carbonyl (C=O) groups excluding carboxylic acids is 1. The van der Waals surface area contributed by atoms with E-state index in [4.69, 9.17) is 4.74 Å². The van der Waals surface area contributed by atoms with Crippen LogP contribution in [0, 0.1) is 5.82 Å². The zero-order chi connectivity index (χ0) is 17.8. The van der Waals surface area contributed by atoms with Crippen LogP contribution in [0.4, 0.5) is 4.39 Å². The number of hydrogen-bond acceptors (Lipinski definition) is 3. The summed E-state index contributed by atoms with van der Waals surface area (Å²) in [7, 11) is 1.41. The maximum absolute atomic E-state index is 13.5. The smallest absolute Gasteiger partial charge is 0.254 e. The van der Waals surface area contributed by atoms with Gasteiger partial charge in [-0.2, -0.15) is 5.10 Å². The average Bonchev–Trinajstić information content (AvgIpc) is 3.13. The Kier molecular flexibility index (Phi) is 4.79. The van der Waals surface area contributed by atoms with E-state index in [1.807, 2.05) is 37.3 Å². The van der Waals surface area contributed by atoms with Crippen LogP contribution in [-0.4, -0.2) is 22.8 Å². The minimum atomic E-state index is -0.436. The molecule has 0 radical (unpaired) electrons. The lowest BCUT2D eigenvalue weighted by atomic mass is 10.1. The monoisotopic (exact) mass is 339 g/mol. The third-order valence-corrected chi connectivity index (χ3v) is 3.89. The minimum absolute atomic E-state index is 0.149. The molecule has 0 aliphatic carbocycles. The molecule has 0 spiro atoms. The molecule has 0 aliphatic heterocycles. The number of aromatic nitrogens is 2. The first-order valence-electron chi connectivity index (χ1n) is 7.83. The molecule has 2 aromatic carbocycles. The van der Waals surface area contributed by atoms with Gasteiger partial charge in [0.05, 0.1) is 30.6 Å². The summed E-state index contributed by atoms with van der Waals surface area (Å²) < 4.78 is 20.1. The Labute approximate surface area is 145 Å². The molecule has 0 fully saturated rings. The number of hydrogen-bond donors (Lipinski definition) is 1. The van der Waals surface area contributed by atoms with Crippen molar-refractivity contribution in [2.75, 3.05) is 7.11 Å². The van der Waals surface area contributed by atoms with Crippen LogP contribution in [-0.2, 0) is 0 Å². The summed E-state index contributed by atoms with van der Waals surface area (Å²) in [6, 6.07) is 13.8. The molecule has 1 N–H and O–H groups in total. The molecule has 25 heavy (non-hydrogen) atoms. The largest absolute Gasteiger partial charge is 0.494 e. The first-order valence-corrected chi connectivity index (χ1v) is 7.83. The third-order valence-electron chi connectivity index (χ3n) is 3.89. The molecular weight excluding hydrogens is 321 g/mol. The highest BCUT2D eigenvalue weighted by Gasteiger charge is 2.15. The van der Waals surface area contributed by atoms with Crippen molar-refractivity contribution in [1.82, 2.24) is 15.1 Å². The van der Waals surface area contributed by atoms with Gasteiger partial charge in [0.25, 0.3) is 5.91 Å². The second-order valence-corrected chi connectivity index (χ2v) is 5.60. The minimum Gasteiger partial charge on any atom is -0.494 e. The molecule has 1 aromatic heterocycles. The molecule has 0 saturated carbocycles. The highest BCUT2D eigenvalue weighted by Crippen LogP contribution is 2.22. The predicted molar refractivity (Wildman–Crippen MR) is 92.4 cm³/mol. The van der Waals surface area contributed by atoms with Crippen molar-refractivity contribution in [3.63, 3.8) is 0 Å². The van der Waals surface area contributed by atoms with Gasteiger partial charge in [0.15, 0.2) is 11.6 Å². The molecule has 1 unspecified atom stereocenters. The third kappa shape index (κ3) is 3.68. The summed E-state index contributed by atoms with van der Waals surface area (Å²) in [5.74, 6) is -0.539. The molecule has 0 aliphatic rings. The van der Waals surface area contributed by atoms with E-state index in [1.54, 1.807) is 23.0 Å². The van der Waals surface area contributed by atoms with Gasteiger partial charge in [-0.15, -0.1) is 0 Å². The molecule has 6 heteroatoms. The zero-order valence-corrected chi connectivity index (χ0v) is 13.9. The maximum Gasteiger partial charge on any atom is 0.254 e. The number of amides is 1. The van der Waals surface area contributed by atoms with Gasteiger partial charge in [-0.25, -0.2) is 9.07 Å². The van der Waals surface area contributed by atoms with E-state index in [9.17, 15) is 9.18 Å². The van der Waals surface area contributed by atoms with Gasteiger partial charge in [0.2, 0.25) is 0 Å². The maximum atomic E-state index is 13.5. The highest BCUT2D eigenvalue weighted by molar-refractivity contribution is 5.94. The summed E-state index contributed by atoms with van der Waals surface area (Å²) in [5.41, 5.74) is 2.07. The number of benzene rings is 2. The molecule has 5 nitrogen and oxygen atoms in total. The van der Waals surface area contributed by atoms with Gasteiger partial charge < -0.3 is 10.1 Å². The number of para-hydroxylation sites is 1. The molecular formula is C19H18FN3O2. The number of nitrogens with zero attached hydrogens (tertiary/aromatic N) is 2. The summed E-state index contributed by atoms with van der Waals surface area (Å²) in [6.07, 6.45) is 3.18. The van der Waals surface area contributed by atoms with Crippen molar-refractivity contribution in [1.29, 1.82) is 0 Å². The zero-order valence-electron chi connectivity index (χ0n) is 13.9. The van der Waals surface area contributed by atoms with Gasteiger partial charge in [0.1, 0.15) is 0 Å². The van der Waals surface area contributed by atoms with Crippen LogP contribution in [0.5, 0.6) is 5.75 Å². The van der Waals surface area contributed by atoms with Crippen LogP contribution in [0.15, 0.2) is 60.9 Å². The van der Waals surface area contributed by atoms with Gasteiger partial charge in [-0.05, 0) is 36.8 Å². The topological polar surface area (TPSA) is 56.1 Å². The fourth-order valence-corrected chi connectivity index (χ4v) is 2.47. The van der Waals surface area contributed by atoms with E-state index >= 15 is 0 Å². The van der Waals surface area contributed by atoms with Crippen molar-refractivity contribution in [2.45, 2.75) is 13.0 Å². The molecule has 128 valence electrons. The first kappa shape index (κ1) is 16.7. The van der Waals surface area contributed by atoms with Crippen molar-refractivity contribution >= 4 is 5.91 Å².